The molecule has 0 N–H and O–H groups in total. The van der Waals surface area contributed by atoms with Gasteiger partial charge in [0.05, 0.1) is 5.56 Å². The number of unbranched alkanes of at least 4 members (excludes halogenated alkanes) is 1. The smallest absolute Gasteiger partial charge is 0.298 e. The average molecular weight is 507 g/mol. The number of hydrogen-bond acceptors (Lipinski definition) is 5. The lowest BCUT2D eigenvalue weighted by Gasteiger charge is -2.23. The van der Waals surface area contributed by atoms with E-state index in [4.69, 9.17) is 9.44 Å². The number of carbonyl (C=O) groups is 1. The van der Waals surface area contributed by atoms with Gasteiger partial charge in [0.25, 0.3) is 10.1 Å². The topological polar surface area (TPSA) is 87.5 Å². The molecule has 2 aromatic rings. The largest absolute Gasteiger partial charge is 0.336 e. The summed E-state index contributed by atoms with van der Waals surface area (Å²) in [5.41, 5.74) is 0.916. The molecule has 0 spiro atoms. The summed E-state index contributed by atoms with van der Waals surface area (Å²) in [4.78, 5) is 14.2. The van der Waals surface area contributed by atoms with Gasteiger partial charge in [-0.05, 0) is 42.2 Å². The SMILES string of the molecule is CC(C)CCCCN(Cc1cccc(Br)c1)C(=O)COS(=O)(=O)c1ccccc1C#N. The van der Waals surface area contributed by atoms with E-state index in [-0.39, 0.29) is 10.5 Å². The summed E-state index contributed by atoms with van der Waals surface area (Å²) in [6.45, 7) is 4.57. The van der Waals surface area contributed by atoms with Gasteiger partial charge in [-0.1, -0.05) is 66.9 Å². The van der Waals surface area contributed by atoms with E-state index in [1.807, 2.05) is 30.3 Å². The van der Waals surface area contributed by atoms with Crippen molar-refractivity contribution < 1.29 is 17.4 Å². The summed E-state index contributed by atoms with van der Waals surface area (Å²) in [5, 5.41) is 9.14. The maximum atomic E-state index is 12.9. The monoisotopic (exact) mass is 506 g/mol. The number of hydrogen-bond donors (Lipinski definition) is 0. The van der Waals surface area contributed by atoms with Crippen molar-refractivity contribution in [2.75, 3.05) is 13.2 Å². The van der Waals surface area contributed by atoms with Gasteiger partial charge in [0.1, 0.15) is 17.6 Å². The first-order valence-corrected chi connectivity index (χ1v) is 12.3. The Morgan fingerprint density at radius 1 is 1.16 bits per heavy atom. The van der Waals surface area contributed by atoms with Gasteiger partial charge < -0.3 is 4.90 Å². The fourth-order valence-corrected chi connectivity index (χ4v) is 4.52. The van der Waals surface area contributed by atoms with E-state index in [1.54, 1.807) is 11.0 Å². The molecule has 0 fully saturated rings. The lowest BCUT2D eigenvalue weighted by molar-refractivity contribution is -0.134. The fraction of sp³-hybridized carbons (Fsp3) is 0.391. The highest BCUT2D eigenvalue weighted by molar-refractivity contribution is 9.10. The Morgan fingerprint density at radius 2 is 1.90 bits per heavy atom. The number of nitrogens with zero attached hydrogens (tertiary/aromatic N) is 2. The summed E-state index contributed by atoms with van der Waals surface area (Å²) in [7, 11) is -4.23. The summed E-state index contributed by atoms with van der Waals surface area (Å²) in [6, 6.07) is 15.2. The first-order valence-electron chi connectivity index (χ1n) is 10.1. The third kappa shape index (κ3) is 8.09. The molecule has 0 saturated heterocycles. The number of amides is 1. The minimum atomic E-state index is -4.23. The molecule has 8 heteroatoms. The molecule has 0 radical (unpaired) electrons. The lowest BCUT2D eigenvalue weighted by Crippen LogP contribution is -2.35. The van der Waals surface area contributed by atoms with Crippen molar-refractivity contribution in [2.24, 2.45) is 5.92 Å². The van der Waals surface area contributed by atoms with Crippen molar-refractivity contribution in [3.05, 3.63) is 64.1 Å². The van der Waals surface area contributed by atoms with Crippen LogP contribution in [0.3, 0.4) is 0 Å². The zero-order valence-corrected chi connectivity index (χ0v) is 20.2. The van der Waals surface area contributed by atoms with Gasteiger partial charge in [-0.3, -0.25) is 8.98 Å². The van der Waals surface area contributed by atoms with E-state index >= 15 is 0 Å². The number of nitriles is 1. The van der Waals surface area contributed by atoms with E-state index < -0.39 is 22.6 Å². The molecule has 0 aliphatic carbocycles. The van der Waals surface area contributed by atoms with Gasteiger partial charge in [0, 0.05) is 17.6 Å². The van der Waals surface area contributed by atoms with Crippen molar-refractivity contribution in [3.8, 4) is 6.07 Å². The standard InChI is InChI=1S/C23H27BrN2O4S/c1-18(2)8-5-6-13-26(16-19-9-7-11-21(24)14-19)23(27)17-30-31(28,29)22-12-4-3-10-20(22)15-25/h3-4,7,9-12,14,18H,5-6,8,13,16-17H2,1-2H3. The van der Waals surface area contributed by atoms with Crippen LogP contribution in [0.2, 0.25) is 0 Å². The number of halogens is 1. The van der Waals surface area contributed by atoms with Crippen LogP contribution in [0, 0.1) is 17.2 Å². The number of benzene rings is 2. The normalized spacial score (nSPS) is 11.3. The summed E-state index contributed by atoms with van der Waals surface area (Å²) in [6.07, 6.45) is 2.87. The van der Waals surface area contributed by atoms with Crippen LogP contribution in [0.15, 0.2) is 57.9 Å². The van der Waals surface area contributed by atoms with Crippen molar-refractivity contribution in [2.45, 2.75) is 44.6 Å². The highest BCUT2D eigenvalue weighted by Gasteiger charge is 2.23. The molecular weight excluding hydrogens is 480 g/mol. The van der Waals surface area contributed by atoms with Crippen LogP contribution < -0.4 is 0 Å². The molecule has 6 nitrogen and oxygen atoms in total. The Bertz CT molecular complexity index is 1030. The zero-order valence-electron chi connectivity index (χ0n) is 17.8. The van der Waals surface area contributed by atoms with Crippen LogP contribution in [0.1, 0.15) is 44.2 Å². The Morgan fingerprint density at radius 3 is 2.58 bits per heavy atom. The summed E-state index contributed by atoms with van der Waals surface area (Å²) < 4.78 is 31.0. The second-order valence-electron chi connectivity index (χ2n) is 7.66. The van der Waals surface area contributed by atoms with Crippen molar-refractivity contribution in [1.82, 2.24) is 4.90 Å². The van der Waals surface area contributed by atoms with E-state index in [1.165, 1.54) is 18.2 Å². The molecule has 166 valence electrons. The molecule has 0 heterocycles. The second kappa shape index (κ2) is 12.0. The Hall–Kier alpha value is -2.21. The molecule has 0 aliphatic heterocycles. The molecule has 2 rings (SSSR count). The second-order valence-corrected chi connectivity index (χ2v) is 10.2. The van der Waals surface area contributed by atoms with Crippen molar-refractivity contribution in [1.29, 1.82) is 5.26 Å². The van der Waals surface area contributed by atoms with Crippen LogP contribution >= 0.6 is 15.9 Å². The summed E-state index contributed by atoms with van der Waals surface area (Å²) in [5.74, 6) is 0.172. The highest BCUT2D eigenvalue weighted by atomic mass is 79.9. The maximum absolute atomic E-state index is 12.9. The molecule has 0 aliphatic rings. The molecular formula is C23H27BrN2O4S. The molecule has 0 saturated carbocycles. The average Bonchev–Trinajstić information content (AvgIpc) is 2.74. The molecule has 0 bridgehead atoms. The third-order valence-electron chi connectivity index (χ3n) is 4.69. The Labute approximate surface area is 193 Å². The van der Waals surface area contributed by atoms with Crippen LogP contribution in [0.25, 0.3) is 0 Å². The van der Waals surface area contributed by atoms with E-state index in [0.717, 1.165) is 29.3 Å². The first-order chi connectivity index (χ1) is 14.7. The Balaban J connectivity index is 2.09. The van der Waals surface area contributed by atoms with E-state index in [0.29, 0.717) is 19.0 Å². The predicted octanol–water partition coefficient (Wildman–Crippen LogP) is 4.88. The molecule has 0 unspecified atom stereocenters. The lowest BCUT2D eigenvalue weighted by atomic mass is 10.1. The maximum Gasteiger partial charge on any atom is 0.298 e. The van der Waals surface area contributed by atoms with Crippen LogP contribution in [0.5, 0.6) is 0 Å². The van der Waals surface area contributed by atoms with Gasteiger partial charge in [0.15, 0.2) is 0 Å². The van der Waals surface area contributed by atoms with Gasteiger partial charge in [-0.2, -0.15) is 13.7 Å². The van der Waals surface area contributed by atoms with Gasteiger partial charge in [0.2, 0.25) is 5.91 Å². The number of rotatable bonds is 11. The molecule has 2 aromatic carbocycles. The van der Waals surface area contributed by atoms with Crippen LogP contribution in [-0.2, 0) is 25.6 Å². The first kappa shape index (κ1) is 25.1. The van der Waals surface area contributed by atoms with Crippen LogP contribution in [0.4, 0.5) is 0 Å². The zero-order chi connectivity index (χ0) is 22.9. The molecule has 1 amide bonds. The summed E-state index contributed by atoms with van der Waals surface area (Å²) >= 11 is 3.43. The highest BCUT2D eigenvalue weighted by Crippen LogP contribution is 2.18. The van der Waals surface area contributed by atoms with Gasteiger partial charge in [-0.15, -0.1) is 0 Å². The van der Waals surface area contributed by atoms with E-state index in [9.17, 15) is 13.2 Å². The predicted molar refractivity (Wildman–Crippen MR) is 123 cm³/mol. The third-order valence-corrected chi connectivity index (χ3v) is 6.51. The van der Waals surface area contributed by atoms with Crippen LogP contribution in [-0.4, -0.2) is 32.4 Å². The minimum Gasteiger partial charge on any atom is -0.336 e. The quantitative estimate of drug-likeness (QED) is 0.320. The molecule has 0 aromatic heterocycles. The molecule has 0 atom stereocenters. The Kier molecular flexibility index (Phi) is 9.69. The number of carbonyl (C=O) groups excluding carboxylic acids is 1. The van der Waals surface area contributed by atoms with E-state index in [2.05, 4.69) is 29.8 Å². The van der Waals surface area contributed by atoms with Gasteiger partial charge in [-0.25, -0.2) is 0 Å². The fourth-order valence-electron chi connectivity index (χ4n) is 3.06. The van der Waals surface area contributed by atoms with Crippen molar-refractivity contribution in [3.63, 3.8) is 0 Å². The molecule has 31 heavy (non-hydrogen) atoms. The van der Waals surface area contributed by atoms with Crippen molar-refractivity contribution >= 4 is 32.0 Å². The van der Waals surface area contributed by atoms with Gasteiger partial charge >= 0.3 is 0 Å². The minimum absolute atomic E-state index is 0.0189.